The van der Waals surface area contributed by atoms with Crippen LogP contribution in [0.25, 0.3) is 4.96 Å². The Hall–Kier alpha value is -1.93. The van der Waals surface area contributed by atoms with Gasteiger partial charge in [-0.2, -0.15) is 0 Å². The van der Waals surface area contributed by atoms with E-state index in [4.69, 9.17) is 4.74 Å². The number of nitrogens with one attached hydrogen (secondary N) is 1. The number of carbonyl (C=O) groups excluding carboxylic acids is 1. The molecule has 7 nitrogen and oxygen atoms in total. The molecule has 2 aromatic rings. The number of nitrogens with zero attached hydrogens (tertiary/aromatic N) is 3. The third-order valence-electron chi connectivity index (χ3n) is 3.84. The Morgan fingerprint density at radius 3 is 3.26 bits per heavy atom. The number of alkyl carbamates (subject to hydrolysis) is 1. The van der Waals surface area contributed by atoms with E-state index in [9.17, 15) is 9.59 Å². The highest BCUT2D eigenvalue weighted by Crippen LogP contribution is 2.14. The van der Waals surface area contributed by atoms with Gasteiger partial charge in [0.2, 0.25) is 0 Å². The Bertz CT molecular complexity index is 742. The van der Waals surface area contributed by atoms with Crippen LogP contribution in [0.3, 0.4) is 0 Å². The van der Waals surface area contributed by atoms with Gasteiger partial charge in [-0.3, -0.25) is 14.1 Å². The van der Waals surface area contributed by atoms with Gasteiger partial charge in [0.1, 0.15) is 0 Å². The molecule has 0 bridgehead atoms. The average Bonchev–Trinajstić information content (AvgIpc) is 2.96. The summed E-state index contributed by atoms with van der Waals surface area (Å²) in [6.07, 6.45) is 3.31. The first-order valence-electron chi connectivity index (χ1n) is 7.77. The summed E-state index contributed by atoms with van der Waals surface area (Å²) in [6.45, 7) is 4.45. The van der Waals surface area contributed by atoms with Crippen molar-refractivity contribution in [1.82, 2.24) is 19.6 Å². The monoisotopic (exact) mass is 336 g/mol. The van der Waals surface area contributed by atoms with Gasteiger partial charge in [0.05, 0.1) is 12.3 Å². The molecule has 1 saturated heterocycles. The molecule has 0 spiro atoms. The lowest BCUT2D eigenvalue weighted by Gasteiger charge is -2.32. The second-order valence-electron chi connectivity index (χ2n) is 5.58. The molecule has 1 amide bonds. The Kier molecular flexibility index (Phi) is 4.92. The lowest BCUT2D eigenvalue weighted by molar-refractivity contribution is 0.132. The topological polar surface area (TPSA) is 75.9 Å². The lowest BCUT2D eigenvalue weighted by atomic mass is 10.1. The van der Waals surface area contributed by atoms with Crippen LogP contribution in [0.5, 0.6) is 0 Å². The third-order valence-corrected chi connectivity index (χ3v) is 4.60. The zero-order valence-corrected chi connectivity index (χ0v) is 13.8. The van der Waals surface area contributed by atoms with Gasteiger partial charge in [-0.25, -0.2) is 9.78 Å². The van der Waals surface area contributed by atoms with E-state index in [1.807, 2.05) is 5.38 Å². The zero-order chi connectivity index (χ0) is 16.2. The van der Waals surface area contributed by atoms with Crippen LogP contribution in [0.2, 0.25) is 0 Å². The number of aromatic nitrogens is 2. The fourth-order valence-electron chi connectivity index (χ4n) is 2.85. The number of hydrogen-bond acceptors (Lipinski definition) is 6. The quantitative estimate of drug-likeness (QED) is 0.915. The normalized spacial score (nSPS) is 18.9. The molecule has 3 heterocycles. The smallest absolute Gasteiger partial charge is 0.407 e. The maximum atomic E-state index is 12.0. The van der Waals surface area contributed by atoms with Gasteiger partial charge in [-0.1, -0.05) is 0 Å². The predicted octanol–water partition coefficient (Wildman–Crippen LogP) is 1.47. The number of ether oxygens (including phenoxy) is 1. The molecular formula is C15H20N4O3S. The summed E-state index contributed by atoms with van der Waals surface area (Å²) < 4.78 is 6.48. The molecule has 0 aromatic carbocycles. The van der Waals surface area contributed by atoms with Crippen LogP contribution in [-0.2, 0) is 11.3 Å². The van der Waals surface area contributed by atoms with E-state index in [1.54, 1.807) is 23.6 Å². The number of carbonyl (C=O) groups is 1. The van der Waals surface area contributed by atoms with Crippen LogP contribution in [0.1, 0.15) is 25.5 Å². The van der Waals surface area contributed by atoms with Crippen LogP contribution < -0.4 is 10.9 Å². The van der Waals surface area contributed by atoms with Gasteiger partial charge >= 0.3 is 6.09 Å². The van der Waals surface area contributed by atoms with E-state index >= 15 is 0 Å². The SMILES string of the molecule is CCOC(=O)NC1CCCN(Cc2cc(=O)n3ccsc3n2)C1. The standard InChI is InChI=1S/C15H20N4O3S/c1-2-22-15(21)17-11-4-3-5-18(9-11)10-12-8-13(20)19-6-7-23-14(19)16-12/h6-8,11H,2-5,9-10H2,1H3,(H,17,21). The molecule has 1 unspecified atom stereocenters. The van der Waals surface area contributed by atoms with Gasteiger partial charge < -0.3 is 10.1 Å². The first-order chi connectivity index (χ1) is 11.2. The largest absolute Gasteiger partial charge is 0.450 e. The fourth-order valence-corrected chi connectivity index (χ4v) is 3.59. The molecule has 1 aliphatic heterocycles. The van der Waals surface area contributed by atoms with Crippen molar-refractivity contribution in [3.05, 3.63) is 33.7 Å². The number of rotatable bonds is 4. The molecule has 23 heavy (non-hydrogen) atoms. The maximum Gasteiger partial charge on any atom is 0.407 e. The molecule has 0 saturated carbocycles. The van der Waals surface area contributed by atoms with Crippen LogP contribution in [0, 0.1) is 0 Å². The van der Waals surface area contributed by atoms with Gasteiger partial charge in [0.25, 0.3) is 5.56 Å². The molecule has 1 aliphatic rings. The van der Waals surface area contributed by atoms with Crippen molar-refractivity contribution < 1.29 is 9.53 Å². The Labute approximate surface area is 137 Å². The molecule has 124 valence electrons. The molecule has 1 fully saturated rings. The molecule has 1 atom stereocenters. The van der Waals surface area contributed by atoms with E-state index in [1.165, 1.54) is 11.3 Å². The van der Waals surface area contributed by atoms with E-state index in [-0.39, 0.29) is 17.7 Å². The van der Waals surface area contributed by atoms with Gasteiger partial charge in [-0.05, 0) is 26.3 Å². The van der Waals surface area contributed by atoms with Crippen molar-refractivity contribution in [2.24, 2.45) is 0 Å². The van der Waals surface area contributed by atoms with E-state index in [0.29, 0.717) is 18.1 Å². The highest BCUT2D eigenvalue weighted by atomic mass is 32.1. The first-order valence-corrected chi connectivity index (χ1v) is 8.65. The number of piperidine rings is 1. The number of thiazole rings is 1. The van der Waals surface area contributed by atoms with E-state index in [0.717, 1.165) is 31.6 Å². The highest BCUT2D eigenvalue weighted by molar-refractivity contribution is 7.15. The van der Waals surface area contributed by atoms with Gasteiger partial charge in [0.15, 0.2) is 4.96 Å². The van der Waals surface area contributed by atoms with Gasteiger partial charge in [-0.15, -0.1) is 11.3 Å². The number of hydrogen-bond donors (Lipinski definition) is 1. The minimum atomic E-state index is -0.365. The Balaban J connectivity index is 1.64. The molecule has 2 aromatic heterocycles. The minimum absolute atomic E-state index is 0.0514. The van der Waals surface area contributed by atoms with Crippen molar-refractivity contribution in [3.8, 4) is 0 Å². The van der Waals surface area contributed by atoms with E-state index in [2.05, 4.69) is 15.2 Å². The summed E-state index contributed by atoms with van der Waals surface area (Å²) in [5, 5.41) is 4.74. The lowest BCUT2D eigenvalue weighted by Crippen LogP contribution is -2.47. The molecule has 1 N–H and O–H groups in total. The molecule has 0 aliphatic carbocycles. The first kappa shape index (κ1) is 15.9. The number of amides is 1. The summed E-state index contributed by atoms with van der Waals surface area (Å²) in [4.78, 5) is 31.0. The number of likely N-dealkylation sites (tertiary alicyclic amines) is 1. The second kappa shape index (κ2) is 7.10. The predicted molar refractivity (Wildman–Crippen MR) is 87.8 cm³/mol. The highest BCUT2D eigenvalue weighted by Gasteiger charge is 2.22. The zero-order valence-electron chi connectivity index (χ0n) is 13.0. The third kappa shape index (κ3) is 3.89. The van der Waals surface area contributed by atoms with Crippen LogP contribution in [0.15, 0.2) is 22.4 Å². The van der Waals surface area contributed by atoms with Crippen molar-refractivity contribution in [2.75, 3.05) is 19.7 Å². The van der Waals surface area contributed by atoms with E-state index < -0.39 is 0 Å². The van der Waals surface area contributed by atoms with Crippen LogP contribution in [-0.4, -0.2) is 46.1 Å². The molecular weight excluding hydrogens is 316 g/mol. The molecule has 0 radical (unpaired) electrons. The Morgan fingerprint density at radius 2 is 2.43 bits per heavy atom. The summed E-state index contributed by atoms with van der Waals surface area (Å²) in [7, 11) is 0. The second-order valence-corrected chi connectivity index (χ2v) is 6.45. The summed E-state index contributed by atoms with van der Waals surface area (Å²) in [5.41, 5.74) is 0.721. The van der Waals surface area contributed by atoms with Gasteiger partial charge in [0, 0.05) is 36.8 Å². The maximum absolute atomic E-state index is 12.0. The van der Waals surface area contributed by atoms with Crippen molar-refractivity contribution >= 4 is 22.4 Å². The van der Waals surface area contributed by atoms with Crippen molar-refractivity contribution in [2.45, 2.75) is 32.4 Å². The summed E-state index contributed by atoms with van der Waals surface area (Å²) in [5.74, 6) is 0. The van der Waals surface area contributed by atoms with Crippen LogP contribution >= 0.6 is 11.3 Å². The fraction of sp³-hybridized carbons (Fsp3) is 0.533. The van der Waals surface area contributed by atoms with Crippen molar-refractivity contribution in [3.63, 3.8) is 0 Å². The summed E-state index contributed by atoms with van der Waals surface area (Å²) in [6, 6.07) is 1.66. The average molecular weight is 336 g/mol. The van der Waals surface area contributed by atoms with Crippen LogP contribution in [0.4, 0.5) is 4.79 Å². The Morgan fingerprint density at radius 1 is 1.57 bits per heavy atom. The molecule has 8 heteroatoms. The van der Waals surface area contributed by atoms with Crippen molar-refractivity contribution in [1.29, 1.82) is 0 Å². The minimum Gasteiger partial charge on any atom is -0.450 e. The summed E-state index contributed by atoms with van der Waals surface area (Å²) >= 11 is 1.45. The molecule has 3 rings (SSSR count). The number of fused-ring (bicyclic) bond motifs is 1.